The summed E-state index contributed by atoms with van der Waals surface area (Å²) in [5.74, 6) is 1.44. The minimum atomic E-state index is -0.484. The van der Waals surface area contributed by atoms with Crippen LogP contribution in [0, 0.1) is 0 Å². The molecule has 0 unspecified atom stereocenters. The van der Waals surface area contributed by atoms with E-state index in [-0.39, 0.29) is 13.2 Å². The van der Waals surface area contributed by atoms with E-state index in [1.54, 1.807) is 19.2 Å². The largest absolute Gasteiger partial charge is 0.496 e. The highest BCUT2D eigenvalue weighted by molar-refractivity contribution is 5.96. The first-order valence-electron chi connectivity index (χ1n) is 14.4. The van der Waals surface area contributed by atoms with Crippen molar-refractivity contribution in [3.63, 3.8) is 0 Å². The molecule has 0 saturated carbocycles. The van der Waals surface area contributed by atoms with Crippen LogP contribution in [0.15, 0.2) is 121 Å². The van der Waals surface area contributed by atoms with Crippen LogP contribution >= 0.6 is 0 Å². The maximum absolute atomic E-state index is 13.7. The number of hydrogen-bond acceptors (Lipinski definition) is 5. The Morgan fingerprint density at radius 1 is 0.581 bits per heavy atom. The van der Waals surface area contributed by atoms with Gasteiger partial charge in [0.1, 0.15) is 42.6 Å². The maximum atomic E-state index is 13.7. The topological polar surface area (TPSA) is 54.0 Å². The number of carbonyl (C=O) groups is 1. The van der Waals surface area contributed by atoms with Crippen molar-refractivity contribution < 1.29 is 23.7 Å². The first-order chi connectivity index (χ1) is 21.0. The van der Waals surface area contributed by atoms with Crippen LogP contribution in [0.4, 0.5) is 0 Å². The monoisotopic (exact) mass is 572 g/mol. The molecule has 0 spiro atoms. The van der Waals surface area contributed by atoms with Crippen LogP contribution in [0.25, 0.3) is 11.1 Å². The van der Waals surface area contributed by atoms with E-state index in [0.717, 1.165) is 27.8 Å². The minimum Gasteiger partial charge on any atom is -0.496 e. The zero-order valence-corrected chi connectivity index (χ0v) is 24.8. The number of ether oxygens (including phenoxy) is 4. The van der Waals surface area contributed by atoms with E-state index in [1.165, 1.54) is 0 Å². The lowest BCUT2D eigenvalue weighted by Gasteiger charge is -2.20. The molecule has 43 heavy (non-hydrogen) atoms. The van der Waals surface area contributed by atoms with E-state index >= 15 is 0 Å². The minimum absolute atomic E-state index is 0.144. The molecule has 0 aromatic heterocycles. The fourth-order valence-electron chi connectivity index (χ4n) is 4.74. The third-order valence-electron chi connectivity index (χ3n) is 7.17. The summed E-state index contributed by atoms with van der Waals surface area (Å²) in [6.07, 6.45) is 0. The second kappa shape index (κ2) is 14.2. The Bertz CT molecular complexity index is 1630. The maximum Gasteiger partial charge on any atom is 0.342 e. The molecule has 0 radical (unpaired) electrons. The van der Waals surface area contributed by atoms with Crippen LogP contribution in [0.3, 0.4) is 0 Å². The van der Waals surface area contributed by atoms with E-state index in [4.69, 9.17) is 18.9 Å². The first kappa shape index (κ1) is 29.5. The van der Waals surface area contributed by atoms with E-state index in [1.807, 2.05) is 97.1 Å². The van der Waals surface area contributed by atoms with E-state index in [2.05, 4.69) is 26.0 Å². The van der Waals surface area contributed by atoms with Gasteiger partial charge in [-0.3, -0.25) is 0 Å². The van der Waals surface area contributed by atoms with Crippen molar-refractivity contribution >= 4 is 5.97 Å². The zero-order valence-electron chi connectivity index (χ0n) is 24.8. The van der Waals surface area contributed by atoms with Gasteiger partial charge in [0, 0.05) is 17.2 Å². The number of carbonyl (C=O) groups excluding carboxylic acids is 1. The molecular formula is C38H36O5. The van der Waals surface area contributed by atoms with E-state index in [0.29, 0.717) is 40.9 Å². The van der Waals surface area contributed by atoms with Crippen LogP contribution in [0.2, 0.25) is 0 Å². The Hall–Kier alpha value is -5.03. The summed E-state index contributed by atoms with van der Waals surface area (Å²) in [6.45, 7) is 5.06. The van der Waals surface area contributed by atoms with Crippen molar-refractivity contribution in [1.29, 1.82) is 0 Å². The second-order valence-electron chi connectivity index (χ2n) is 10.6. The summed E-state index contributed by atoms with van der Waals surface area (Å²) in [5.41, 5.74) is 5.89. The average Bonchev–Trinajstić information content (AvgIpc) is 3.06. The summed E-state index contributed by atoms with van der Waals surface area (Å²) < 4.78 is 24.3. The van der Waals surface area contributed by atoms with Gasteiger partial charge in [0.2, 0.25) is 0 Å². The van der Waals surface area contributed by atoms with Crippen LogP contribution in [0.1, 0.15) is 52.4 Å². The van der Waals surface area contributed by atoms with Gasteiger partial charge in [-0.05, 0) is 46.4 Å². The molecule has 5 nitrogen and oxygen atoms in total. The number of hydrogen-bond donors (Lipinski definition) is 0. The molecule has 0 atom stereocenters. The van der Waals surface area contributed by atoms with Gasteiger partial charge in [0.05, 0.1) is 7.11 Å². The predicted molar refractivity (Wildman–Crippen MR) is 170 cm³/mol. The molecule has 0 saturated heterocycles. The fraction of sp³-hybridized carbons (Fsp3) is 0.184. The molecule has 0 aliphatic heterocycles. The highest BCUT2D eigenvalue weighted by atomic mass is 16.5. The lowest BCUT2D eigenvalue weighted by molar-refractivity contribution is 0.0467. The number of rotatable bonds is 12. The van der Waals surface area contributed by atoms with Gasteiger partial charge in [-0.15, -0.1) is 0 Å². The molecule has 0 aliphatic carbocycles. The lowest BCUT2D eigenvalue weighted by atomic mass is 9.94. The van der Waals surface area contributed by atoms with Gasteiger partial charge in [-0.1, -0.05) is 111 Å². The Kier molecular flexibility index (Phi) is 9.75. The normalized spacial score (nSPS) is 10.8. The zero-order chi connectivity index (χ0) is 30.0. The molecule has 0 bridgehead atoms. The molecule has 0 fully saturated rings. The van der Waals surface area contributed by atoms with Gasteiger partial charge in [0.25, 0.3) is 0 Å². The standard InChI is InChI=1S/C38H36O5/c1-27(2)31-19-20-35(40-3)32(21-31)33-22-34(38(39)43-26-30-17-11-6-12-18-30)37(42-25-29-15-9-5-10-16-29)23-36(33)41-24-28-13-7-4-8-14-28/h4-23,27H,24-26H2,1-3H3. The summed E-state index contributed by atoms with van der Waals surface area (Å²) in [4.78, 5) is 13.7. The Morgan fingerprint density at radius 2 is 1.09 bits per heavy atom. The molecule has 0 amide bonds. The van der Waals surface area contributed by atoms with Crippen LogP contribution in [-0.4, -0.2) is 13.1 Å². The molecule has 0 heterocycles. The Labute approximate surface area is 253 Å². The van der Waals surface area contributed by atoms with E-state index < -0.39 is 5.97 Å². The van der Waals surface area contributed by atoms with Crippen molar-refractivity contribution in [2.45, 2.75) is 39.6 Å². The van der Waals surface area contributed by atoms with Gasteiger partial charge in [-0.25, -0.2) is 4.79 Å². The summed E-state index contributed by atoms with van der Waals surface area (Å²) in [6, 6.07) is 39.1. The van der Waals surface area contributed by atoms with Gasteiger partial charge < -0.3 is 18.9 Å². The molecule has 0 N–H and O–H groups in total. The van der Waals surface area contributed by atoms with Crippen molar-refractivity contribution in [1.82, 2.24) is 0 Å². The second-order valence-corrected chi connectivity index (χ2v) is 10.6. The van der Waals surface area contributed by atoms with Crippen LogP contribution in [0.5, 0.6) is 17.2 Å². The quantitative estimate of drug-likeness (QED) is 0.140. The smallest absolute Gasteiger partial charge is 0.342 e. The Morgan fingerprint density at radius 3 is 1.63 bits per heavy atom. The molecular weight excluding hydrogens is 536 g/mol. The van der Waals surface area contributed by atoms with Crippen LogP contribution in [-0.2, 0) is 24.6 Å². The van der Waals surface area contributed by atoms with Gasteiger partial charge in [0.15, 0.2) is 0 Å². The third kappa shape index (κ3) is 7.63. The summed E-state index contributed by atoms with van der Waals surface area (Å²) in [7, 11) is 1.64. The van der Waals surface area contributed by atoms with Gasteiger partial charge >= 0.3 is 5.97 Å². The van der Waals surface area contributed by atoms with Crippen molar-refractivity contribution in [3.8, 4) is 28.4 Å². The fourth-order valence-corrected chi connectivity index (χ4v) is 4.74. The summed E-state index contributed by atoms with van der Waals surface area (Å²) in [5, 5.41) is 0. The SMILES string of the molecule is COc1ccc(C(C)C)cc1-c1cc(C(=O)OCc2ccccc2)c(OCc2ccccc2)cc1OCc1ccccc1. The van der Waals surface area contributed by atoms with Crippen molar-refractivity contribution in [3.05, 3.63) is 149 Å². The number of benzene rings is 5. The molecule has 5 aromatic rings. The molecule has 5 rings (SSSR count). The average molecular weight is 573 g/mol. The number of esters is 1. The highest BCUT2D eigenvalue weighted by Gasteiger charge is 2.23. The van der Waals surface area contributed by atoms with E-state index in [9.17, 15) is 4.79 Å². The molecule has 218 valence electrons. The number of methoxy groups -OCH3 is 1. The first-order valence-corrected chi connectivity index (χ1v) is 14.4. The van der Waals surface area contributed by atoms with Crippen LogP contribution < -0.4 is 14.2 Å². The third-order valence-corrected chi connectivity index (χ3v) is 7.17. The predicted octanol–water partition coefficient (Wildman–Crippen LogP) is 9.00. The summed E-state index contributed by atoms with van der Waals surface area (Å²) >= 11 is 0. The van der Waals surface area contributed by atoms with Crippen molar-refractivity contribution in [2.24, 2.45) is 0 Å². The molecule has 5 heteroatoms. The van der Waals surface area contributed by atoms with Crippen molar-refractivity contribution in [2.75, 3.05) is 7.11 Å². The van der Waals surface area contributed by atoms with Gasteiger partial charge in [-0.2, -0.15) is 0 Å². The highest BCUT2D eigenvalue weighted by Crippen LogP contribution is 2.42. The Balaban J connectivity index is 1.60. The molecule has 0 aliphatic rings. The molecule has 5 aromatic carbocycles. The lowest BCUT2D eigenvalue weighted by Crippen LogP contribution is -2.10.